The summed E-state index contributed by atoms with van der Waals surface area (Å²) in [7, 11) is 0. The third-order valence-electron chi connectivity index (χ3n) is 3.99. The Morgan fingerprint density at radius 2 is 1.96 bits per heavy atom. The molecule has 8 heteroatoms. The number of para-hydroxylation sites is 1. The maximum Gasteiger partial charge on any atom is 0.262 e. The van der Waals surface area contributed by atoms with Crippen LogP contribution in [0.3, 0.4) is 0 Å². The molecule has 0 unspecified atom stereocenters. The predicted molar refractivity (Wildman–Crippen MR) is 97.1 cm³/mol. The molecule has 0 spiro atoms. The van der Waals surface area contributed by atoms with Crippen molar-refractivity contribution in [3.8, 4) is 5.69 Å². The molecule has 4 aromatic rings. The van der Waals surface area contributed by atoms with Gasteiger partial charge in [0.05, 0.1) is 18.4 Å². The van der Waals surface area contributed by atoms with Gasteiger partial charge >= 0.3 is 0 Å². The minimum absolute atomic E-state index is 0.0134. The Labute approximate surface area is 152 Å². The van der Waals surface area contributed by atoms with Gasteiger partial charge in [-0.2, -0.15) is 5.10 Å². The van der Waals surface area contributed by atoms with Crippen LogP contribution in [0, 0.1) is 5.82 Å². The van der Waals surface area contributed by atoms with E-state index < -0.39 is 11.7 Å². The molecule has 2 N–H and O–H groups in total. The summed E-state index contributed by atoms with van der Waals surface area (Å²) in [6, 6.07) is 14.6. The molecule has 2 heterocycles. The summed E-state index contributed by atoms with van der Waals surface area (Å²) < 4.78 is 14.8. The zero-order valence-corrected chi connectivity index (χ0v) is 14.0. The Bertz CT molecular complexity index is 1180. The molecule has 0 fully saturated rings. The standard InChI is InChI=1S/C19H14FN5O2/c20-13-6-4-5-12(9-13)18(26)21-11-16-23-17-15(19(27)24-16)10-22-25(17)14-7-2-1-3-8-14/h1-10H,11H2,(H,21,26)(H,23,24,27). The minimum atomic E-state index is -0.498. The van der Waals surface area contributed by atoms with Crippen molar-refractivity contribution in [3.63, 3.8) is 0 Å². The van der Waals surface area contributed by atoms with E-state index in [1.54, 1.807) is 4.68 Å². The van der Waals surface area contributed by atoms with Gasteiger partial charge in [-0.05, 0) is 30.3 Å². The number of amides is 1. The summed E-state index contributed by atoms with van der Waals surface area (Å²) in [5.41, 5.74) is 0.991. The Hall–Kier alpha value is -3.81. The SMILES string of the molecule is O=C(NCc1nc2c(cnn2-c2ccccc2)c(=O)[nH]1)c1cccc(F)c1. The van der Waals surface area contributed by atoms with E-state index in [4.69, 9.17) is 0 Å². The highest BCUT2D eigenvalue weighted by molar-refractivity contribution is 5.94. The second-order valence-corrected chi connectivity index (χ2v) is 5.83. The van der Waals surface area contributed by atoms with Gasteiger partial charge in [0, 0.05) is 5.56 Å². The van der Waals surface area contributed by atoms with Gasteiger partial charge in [0.2, 0.25) is 0 Å². The van der Waals surface area contributed by atoms with Gasteiger partial charge in [0.15, 0.2) is 5.65 Å². The first-order valence-electron chi connectivity index (χ1n) is 8.18. The Balaban J connectivity index is 1.63. The van der Waals surface area contributed by atoms with E-state index in [1.807, 2.05) is 30.3 Å². The number of carbonyl (C=O) groups excluding carboxylic acids is 1. The highest BCUT2D eigenvalue weighted by Gasteiger charge is 2.12. The molecule has 134 valence electrons. The molecule has 0 aliphatic rings. The number of H-pyrrole nitrogens is 1. The number of fused-ring (bicyclic) bond motifs is 1. The Kier molecular flexibility index (Phi) is 4.21. The summed E-state index contributed by atoms with van der Waals surface area (Å²) in [6.45, 7) is -0.0134. The third kappa shape index (κ3) is 3.32. The molecule has 0 bridgehead atoms. The van der Waals surface area contributed by atoms with E-state index in [-0.39, 0.29) is 23.5 Å². The van der Waals surface area contributed by atoms with Crippen LogP contribution in [0.25, 0.3) is 16.7 Å². The second kappa shape index (κ2) is 6.83. The fourth-order valence-electron chi connectivity index (χ4n) is 2.70. The monoisotopic (exact) mass is 363 g/mol. The number of nitrogens with zero attached hydrogens (tertiary/aromatic N) is 3. The van der Waals surface area contributed by atoms with Crippen LogP contribution in [0.1, 0.15) is 16.2 Å². The lowest BCUT2D eigenvalue weighted by atomic mass is 10.2. The molecule has 0 aliphatic heterocycles. The van der Waals surface area contributed by atoms with Crippen LogP contribution in [0.2, 0.25) is 0 Å². The van der Waals surface area contributed by atoms with Crippen LogP contribution in [0.15, 0.2) is 65.6 Å². The van der Waals surface area contributed by atoms with E-state index in [2.05, 4.69) is 20.4 Å². The van der Waals surface area contributed by atoms with Crippen LogP contribution in [-0.4, -0.2) is 25.7 Å². The number of hydrogen-bond donors (Lipinski definition) is 2. The summed E-state index contributed by atoms with van der Waals surface area (Å²) >= 11 is 0. The largest absolute Gasteiger partial charge is 0.345 e. The van der Waals surface area contributed by atoms with Crippen LogP contribution in [0.4, 0.5) is 4.39 Å². The van der Waals surface area contributed by atoms with Gasteiger partial charge in [0.25, 0.3) is 11.5 Å². The number of benzene rings is 2. The average Bonchev–Trinajstić information content (AvgIpc) is 3.11. The number of nitrogens with one attached hydrogen (secondary N) is 2. The number of carbonyl (C=O) groups is 1. The van der Waals surface area contributed by atoms with Gasteiger partial charge in [-0.3, -0.25) is 9.59 Å². The topological polar surface area (TPSA) is 92.7 Å². The summed E-state index contributed by atoms with van der Waals surface area (Å²) in [5.74, 6) is -0.689. The fourth-order valence-corrected chi connectivity index (χ4v) is 2.70. The molecule has 0 radical (unpaired) electrons. The number of hydrogen-bond acceptors (Lipinski definition) is 4. The maximum absolute atomic E-state index is 13.2. The van der Waals surface area contributed by atoms with Crippen molar-refractivity contribution < 1.29 is 9.18 Å². The van der Waals surface area contributed by atoms with Gasteiger partial charge < -0.3 is 10.3 Å². The van der Waals surface area contributed by atoms with E-state index in [9.17, 15) is 14.0 Å². The van der Waals surface area contributed by atoms with E-state index in [0.29, 0.717) is 11.0 Å². The van der Waals surface area contributed by atoms with E-state index >= 15 is 0 Å². The summed E-state index contributed by atoms with van der Waals surface area (Å²) in [4.78, 5) is 31.5. The van der Waals surface area contributed by atoms with Crippen molar-refractivity contribution in [2.75, 3.05) is 0 Å². The first-order chi connectivity index (χ1) is 13.1. The van der Waals surface area contributed by atoms with Gasteiger partial charge in [-0.15, -0.1) is 0 Å². The first-order valence-corrected chi connectivity index (χ1v) is 8.18. The average molecular weight is 363 g/mol. The van der Waals surface area contributed by atoms with Crippen LogP contribution in [0.5, 0.6) is 0 Å². The molecule has 2 aromatic heterocycles. The Morgan fingerprint density at radius 1 is 1.15 bits per heavy atom. The minimum Gasteiger partial charge on any atom is -0.345 e. The highest BCUT2D eigenvalue weighted by atomic mass is 19.1. The Morgan fingerprint density at radius 3 is 2.74 bits per heavy atom. The van der Waals surface area contributed by atoms with Crippen molar-refractivity contribution in [1.29, 1.82) is 0 Å². The highest BCUT2D eigenvalue weighted by Crippen LogP contribution is 2.13. The normalized spacial score (nSPS) is 10.9. The second-order valence-electron chi connectivity index (χ2n) is 5.83. The number of aromatic nitrogens is 4. The molecule has 2 aromatic carbocycles. The fraction of sp³-hybridized carbons (Fsp3) is 0.0526. The number of rotatable bonds is 4. The van der Waals surface area contributed by atoms with Crippen LogP contribution < -0.4 is 10.9 Å². The molecular formula is C19H14FN5O2. The van der Waals surface area contributed by atoms with Crippen molar-refractivity contribution in [3.05, 3.63) is 88.4 Å². The number of aromatic amines is 1. The lowest BCUT2D eigenvalue weighted by molar-refractivity contribution is 0.0949. The van der Waals surface area contributed by atoms with E-state index in [1.165, 1.54) is 24.4 Å². The summed E-state index contributed by atoms with van der Waals surface area (Å²) in [6.07, 6.45) is 1.45. The quantitative estimate of drug-likeness (QED) is 0.581. The molecule has 0 saturated carbocycles. The van der Waals surface area contributed by atoms with Crippen molar-refractivity contribution >= 4 is 16.9 Å². The van der Waals surface area contributed by atoms with E-state index in [0.717, 1.165) is 11.8 Å². The zero-order valence-electron chi connectivity index (χ0n) is 14.0. The lowest BCUT2D eigenvalue weighted by Crippen LogP contribution is -2.25. The third-order valence-corrected chi connectivity index (χ3v) is 3.99. The zero-order chi connectivity index (χ0) is 18.8. The van der Waals surface area contributed by atoms with Gasteiger partial charge in [-0.25, -0.2) is 14.1 Å². The summed E-state index contributed by atoms with van der Waals surface area (Å²) in [5, 5.41) is 7.19. The van der Waals surface area contributed by atoms with Crippen LogP contribution in [-0.2, 0) is 6.54 Å². The molecule has 27 heavy (non-hydrogen) atoms. The predicted octanol–water partition coefficient (Wildman–Crippen LogP) is 2.18. The number of halogens is 1. The molecule has 1 amide bonds. The van der Waals surface area contributed by atoms with Crippen molar-refractivity contribution in [2.45, 2.75) is 6.54 Å². The smallest absolute Gasteiger partial charge is 0.262 e. The van der Waals surface area contributed by atoms with Gasteiger partial charge in [-0.1, -0.05) is 24.3 Å². The van der Waals surface area contributed by atoms with Crippen LogP contribution >= 0.6 is 0 Å². The molecule has 0 saturated heterocycles. The molecule has 0 aliphatic carbocycles. The molecule has 7 nitrogen and oxygen atoms in total. The van der Waals surface area contributed by atoms with Crippen molar-refractivity contribution in [1.82, 2.24) is 25.1 Å². The van der Waals surface area contributed by atoms with Gasteiger partial charge in [0.1, 0.15) is 17.0 Å². The lowest BCUT2D eigenvalue weighted by Gasteiger charge is -2.06. The molecular weight excluding hydrogens is 349 g/mol. The first kappa shape index (κ1) is 16.6. The maximum atomic E-state index is 13.2. The van der Waals surface area contributed by atoms with Crippen molar-refractivity contribution in [2.24, 2.45) is 0 Å². The molecule has 0 atom stereocenters. The molecule has 4 rings (SSSR count).